The molecule has 0 unspecified atom stereocenters. The summed E-state index contributed by atoms with van der Waals surface area (Å²) in [5.74, 6) is 0.834. The second kappa shape index (κ2) is 9.77. The lowest BCUT2D eigenvalue weighted by atomic mass is 9.94. The normalized spacial score (nSPS) is 14.5. The van der Waals surface area contributed by atoms with Crippen molar-refractivity contribution in [3.63, 3.8) is 0 Å². The van der Waals surface area contributed by atoms with Crippen molar-refractivity contribution in [1.29, 1.82) is 0 Å². The molecule has 4 rings (SSSR count). The molecule has 2 aromatic carbocycles. The van der Waals surface area contributed by atoms with Gasteiger partial charge < -0.3 is 14.8 Å². The highest BCUT2D eigenvalue weighted by molar-refractivity contribution is 5.94. The van der Waals surface area contributed by atoms with Gasteiger partial charge in [0, 0.05) is 31.6 Å². The number of rotatable bonds is 7. The highest BCUT2D eigenvalue weighted by Crippen LogP contribution is 2.23. The molecule has 0 atom stereocenters. The zero-order chi connectivity index (χ0) is 21.6. The highest BCUT2D eigenvalue weighted by atomic mass is 16.2. The van der Waals surface area contributed by atoms with Gasteiger partial charge in [0.25, 0.3) is 5.91 Å². The summed E-state index contributed by atoms with van der Waals surface area (Å²) in [5.41, 5.74) is 2.47. The fourth-order valence-corrected chi connectivity index (χ4v) is 4.39. The van der Waals surface area contributed by atoms with Gasteiger partial charge in [-0.15, -0.1) is 0 Å². The summed E-state index contributed by atoms with van der Waals surface area (Å²) in [6.07, 6.45) is 6.40. The van der Waals surface area contributed by atoms with Crippen molar-refractivity contribution in [2.24, 2.45) is 0 Å². The Morgan fingerprint density at radius 2 is 1.74 bits per heavy atom. The van der Waals surface area contributed by atoms with Crippen LogP contribution in [0.15, 0.2) is 54.6 Å². The molecule has 0 bridgehead atoms. The van der Waals surface area contributed by atoms with Gasteiger partial charge in [0.05, 0.1) is 11.0 Å². The third-order valence-electron chi connectivity index (χ3n) is 6.21. The van der Waals surface area contributed by atoms with Crippen molar-refractivity contribution < 1.29 is 9.59 Å². The minimum absolute atomic E-state index is 0.101. The van der Waals surface area contributed by atoms with Gasteiger partial charge in [0.1, 0.15) is 12.4 Å². The minimum atomic E-state index is -0.101. The Morgan fingerprint density at radius 3 is 2.52 bits per heavy atom. The molecular weight excluding hydrogens is 388 g/mol. The maximum Gasteiger partial charge on any atom is 0.251 e. The second-order valence-corrected chi connectivity index (χ2v) is 8.27. The Hall–Kier alpha value is -3.15. The number of carbonyl (C=O) groups is 2. The van der Waals surface area contributed by atoms with Gasteiger partial charge in [0.2, 0.25) is 5.91 Å². The number of amides is 2. The van der Waals surface area contributed by atoms with Crippen LogP contribution in [0.5, 0.6) is 0 Å². The third-order valence-corrected chi connectivity index (χ3v) is 6.21. The first-order valence-corrected chi connectivity index (χ1v) is 11.2. The number of fused-ring (bicyclic) bond motifs is 1. The molecule has 1 N–H and O–H groups in total. The van der Waals surface area contributed by atoms with Crippen LogP contribution in [0.4, 0.5) is 0 Å². The summed E-state index contributed by atoms with van der Waals surface area (Å²) in [6.45, 7) is 0.735. The van der Waals surface area contributed by atoms with E-state index < -0.39 is 0 Å². The van der Waals surface area contributed by atoms with Gasteiger partial charge in [-0.05, 0) is 37.1 Å². The molecule has 6 heteroatoms. The van der Waals surface area contributed by atoms with Crippen molar-refractivity contribution in [2.75, 3.05) is 13.6 Å². The van der Waals surface area contributed by atoms with E-state index in [0.717, 1.165) is 29.7 Å². The first kappa shape index (κ1) is 21.1. The topological polar surface area (TPSA) is 67.2 Å². The summed E-state index contributed by atoms with van der Waals surface area (Å²) >= 11 is 0. The van der Waals surface area contributed by atoms with E-state index in [1.54, 1.807) is 12.1 Å². The quantitative estimate of drug-likeness (QED) is 0.635. The summed E-state index contributed by atoms with van der Waals surface area (Å²) in [7, 11) is 1.93. The van der Waals surface area contributed by atoms with Crippen molar-refractivity contribution >= 4 is 22.8 Å². The third kappa shape index (κ3) is 4.95. The number of hydrogen-bond donors (Lipinski definition) is 1. The lowest BCUT2D eigenvalue weighted by Crippen LogP contribution is -2.40. The minimum Gasteiger partial charge on any atom is -0.352 e. The average molecular weight is 419 g/mol. The van der Waals surface area contributed by atoms with Crippen molar-refractivity contribution in [3.8, 4) is 0 Å². The molecule has 0 spiro atoms. The van der Waals surface area contributed by atoms with E-state index >= 15 is 0 Å². The van der Waals surface area contributed by atoms with Crippen LogP contribution in [0.2, 0.25) is 0 Å². The number of nitrogens with zero attached hydrogens (tertiary/aromatic N) is 3. The second-order valence-electron chi connectivity index (χ2n) is 8.27. The standard InChI is InChI=1S/C25H30N4O2/c1-28(20-12-6-3-7-13-20)24(30)18-29-22-15-9-8-14-21(22)27-23(29)16-17-26-25(31)19-10-4-2-5-11-19/h2,4-5,8-11,14-15,20H,3,6-7,12-13,16-18H2,1H3,(H,26,31). The van der Waals surface area contributed by atoms with Crippen LogP contribution < -0.4 is 5.32 Å². The largest absolute Gasteiger partial charge is 0.352 e. The maximum atomic E-state index is 13.1. The molecular formula is C25H30N4O2. The molecule has 0 saturated heterocycles. The Balaban J connectivity index is 1.46. The van der Waals surface area contributed by atoms with Gasteiger partial charge >= 0.3 is 0 Å². The first-order valence-electron chi connectivity index (χ1n) is 11.2. The molecule has 6 nitrogen and oxygen atoms in total. The lowest BCUT2D eigenvalue weighted by Gasteiger charge is -2.31. The molecule has 1 heterocycles. The van der Waals surface area contributed by atoms with Crippen LogP contribution in [0, 0.1) is 0 Å². The molecule has 2 amide bonds. The summed E-state index contributed by atoms with van der Waals surface area (Å²) in [6, 6.07) is 17.4. The number of nitrogens with one attached hydrogen (secondary N) is 1. The number of hydrogen-bond acceptors (Lipinski definition) is 3. The molecule has 31 heavy (non-hydrogen) atoms. The number of imidazole rings is 1. The Bertz CT molecular complexity index is 1040. The van der Waals surface area contributed by atoms with Crippen LogP contribution in [0.1, 0.15) is 48.3 Å². The number of para-hydroxylation sites is 2. The molecule has 1 aliphatic carbocycles. The molecule has 0 radical (unpaired) electrons. The van der Waals surface area contributed by atoms with Gasteiger partial charge in [-0.1, -0.05) is 49.6 Å². The average Bonchev–Trinajstić information content (AvgIpc) is 3.16. The Labute approximate surface area is 183 Å². The number of benzene rings is 2. The van der Waals surface area contributed by atoms with Crippen LogP contribution in [0.3, 0.4) is 0 Å². The van der Waals surface area contributed by atoms with Crippen LogP contribution in [0.25, 0.3) is 11.0 Å². The summed E-state index contributed by atoms with van der Waals surface area (Å²) in [4.78, 5) is 32.1. The smallest absolute Gasteiger partial charge is 0.251 e. The molecule has 1 aliphatic rings. The van der Waals surface area contributed by atoms with Gasteiger partial charge in [-0.25, -0.2) is 4.98 Å². The van der Waals surface area contributed by atoms with E-state index in [0.29, 0.717) is 24.6 Å². The van der Waals surface area contributed by atoms with E-state index in [4.69, 9.17) is 4.98 Å². The fraction of sp³-hybridized carbons (Fsp3) is 0.400. The van der Waals surface area contributed by atoms with Crippen LogP contribution >= 0.6 is 0 Å². The highest BCUT2D eigenvalue weighted by Gasteiger charge is 2.23. The zero-order valence-electron chi connectivity index (χ0n) is 18.1. The Kier molecular flexibility index (Phi) is 6.65. The van der Waals surface area contributed by atoms with Crippen molar-refractivity contribution in [2.45, 2.75) is 51.1 Å². The molecule has 1 aromatic heterocycles. The lowest BCUT2D eigenvalue weighted by molar-refractivity contribution is -0.133. The van der Waals surface area contributed by atoms with Crippen molar-refractivity contribution in [3.05, 3.63) is 66.0 Å². The predicted octanol–water partition coefficient (Wildman–Crippen LogP) is 3.80. The van der Waals surface area contributed by atoms with Gasteiger partial charge in [-0.2, -0.15) is 0 Å². The number of aromatic nitrogens is 2. The molecule has 0 aliphatic heterocycles. The zero-order valence-corrected chi connectivity index (χ0v) is 18.1. The van der Waals surface area contributed by atoms with Crippen LogP contribution in [-0.4, -0.2) is 45.9 Å². The van der Waals surface area contributed by atoms with Crippen LogP contribution in [-0.2, 0) is 17.8 Å². The van der Waals surface area contributed by atoms with Gasteiger partial charge in [0.15, 0.2) is 0 Å². The fourth-order valence-electron chi connectivity index (χ4n) is 4.39. The first-order chi connectivity index (χ1) is 15.1. The number of likely N-dealkylation sites (N-methyl/N-ethyl adjacent to an activating group) is 1. The summed E-state index contributed by atoms with van der Waals surface area (Å²) in [5, 5.41) is 2.96. The molecule has 3 aromatic rings. The van der Waals surface area contributed by atoms with E-state index in [-0.39, 0.29) is 18.4 Å². The monoisotopic (exact) mass is 418 g/mol. The maximum absolute atomic E-state index is 13.1. The molecule has 1 saturated carbocycles. The summed E-state index contributed by atoms with van der Waals surface area (Å²) < 4.78 is 2.01. The van der Waals surface area contributed by atoms with Crippen molar-refractivity contribution in [1.82, 2.24) is 19.8 Å². The van der Waals surface area contributed by atoms with E-state index in [1.165, 1.54) is 19.3 Å². The van der Waals surface area contributed by atoms with E-state index in [1.807, 2.05) is 59.0 Å². The Morgan fingerprint density at radius 1 is 1.03 bits per heavy atom. The number of carbonyl (C=O) groups excluding carboxylic acids is 2. The molecule has 162 valence electrons. The van der Waals surface area contributed by atoms with Gasteiger partial charge in [-0.3, -0.25) is 9.59 Å². The predicted molar refractivity (Wildman–Crippen MR) is 122 cm³/mol. The SMILES string of the molecule is CN(C(=O)Cn1c(CCNC(=O)c2ccccc2)nc2ccccc21)C1CCCCC1. The van der Waals surface area contributed by atoms with E-state index in [2.05, 4.69) is 5.32 Å². The van der Waals surface area contributed by atoms with E-state index in [9.17, 15) is 9.59 Å². The molecule has 1 fully saturated rings.